The lowest BCUT2D eigenvalue weighted by molar-refractivity contribution is -0.384. The summed E-state index contributed by atoms with van der Waals surface area (Å²) in [5, 5.41) is 16.8. The van der Waals surface area contributed by atoms with Gasteiger partial charge in [0.2, 0.25) is 0 Å². The van der Waals surface area contributed by atoms with Crippen molar-refractivity contribution in [1.29, 1.82) is 0 Å². The molecule has 3 aromatic carbocycles. The number of amides is 1. The highest BCUT2D eigenvalue weighted by Crippen LogP contribution is 2.32. The quantitative estimate of drug-likeness (QED) is 0.262. The SMILES string of the molecule is CCOc1ccc(/C=C2/C(=O)N(c3ccc([N+](=O)[O-])cc3)N=C2c2ccccc2)c(OCC)c1. The molecule has 172 valence electrons. The molecule has 1 amide bonds. The Morgan fingerprint density at radius 2 is 1.68 bits per heavy atom. The van der Waals surface area contributed by atoms with Gasteiger partial charge in [-0.05, 0) is 44.2 Å². The van der Waals surface area contributed by atoms with E-state index in [0.717, 1.165) is 5.56 Å². The summed E-state index contributed by atoms with van der Waals surface area (Å²) in [6.45, 7) is 4.77. The molecule has 0 N–H and O–H groups in total. The molecule has 8 heteroatoms. The van der Waals surface area contributed by atoms with Crippen LogP contribution in [0.25, 0.3) is 6.08 Å². The first kappa shape index (κ1) is 22.7. The fraction of sp³-hybridized carbons (Fsp3) is 0.154. The van der Waals surface area contributed by atoms with E-state index in [0.29, 0.717) is 47.2 Å². The molecule has 0 saturated carbocycles. The van der Waals surface area contributed by atoms with Gasteiger partial charge in [-0.3, -0.25) is 14.9 Å². The van der Waals surface area contributed by atoms with Crippen LogP contribution < -0.4 is 14.5 Å². The van der Waals surface area contributed by atoms with Crippen molar-refractivity contribution < 1.29 is 19.2 Å². The number of nitrogens with zero attached hydrogens (tertiary/aromatic N) is 3. The van der Waals surface area contributed by atoms with Gasteiger partial charge in [0.1, 0.15) is 17.2 Å². The summed E-state index contributed by atoms with van der Waals surface area (Å²) >= 11 is 0. The van der Waals surface area contributed by atoms with Crippen LogP contribution in [-0.2, 0) is 4.79 Å². The third kappa shape index (κ3) is 4.66. The molecule has 8 nitrogen and oxygen atoms in total. The van der Waals surface area contributed by atoms with Gasteiger partial charge in [0.05, 0.1) is 29.4 Å². The predicted molar refractivity (Wildman–Crippen MR) is 130 cm³/mol. The summed E-state index contributed by atoms with van der Waals surface area (Å²) in [5.41, 5.74) is 2.74. The third-order valence-corrected chi connectivity index (χ3v) is 5.13. The van der Waals surface area contributed by atoms with Crippen molar-refractivity contribution >= 4 is 29.1 Å². The van der Waals surface area contributed by atoms with E-state index >= 15 is 0 Å². The second-order valence-electron chi connectivity index (χ2n) is 7.33. The molecule has 0 radical (unpaired) electrons. The molecular formula is C26H23N3O5. The number of hydrazone groups is 1. The molecule has 0 saturated heterocycles. The zero-order valence-electron chi connectivity index (χ0n) is 18.8. The van der Waals surface area contributed by atoms with Crippen molar-refractivity contribution in [1.82, 2.24) is 0 Å². The van der Waals surface area contributed by atoms with Gasteiger partial charge in [-0.25, -0.2) is 0 Å². The number of ether oxygens (including phenoxy) is 2. The Labute approximate surface area is 196 Å². The fourth-order valence-corrected chi connectivity index (χ4v) is 3.57. The number of nitro benzene ring substituents is 1. The topological polar surface area (TPSA) is 94.3 Å². The van der Waals surface area contributed by atoms with Crippen LogP contribution in [-0.4, -0.2) is 29.8 Å². The standard InChI is InChI=1S/C26H23N3O5/c1-3-33-22-15-10-19(24(17-22)34-4-2)16-23-25(18-8-6-5-7-9-18)27-28(26(23)30)20-11-13-21(14-12-20)29(31)32/h5-17H,3-4H2,1-2H3/b23-16+. The van der Waals surface area contributed by atoms with Crippen molar-refractivity contribution in [2.75, 3.05) is 18.2 Å². The number of rotatable bonds is 8. The van der Waals surface area contributed by atoms with Crippen LogP contribution >= 0.6 is 0 Å². The third-order valence-electron chi connectivity index (χ3n) is 5.13. The maximum absolute atomic E-state index is 13.5. The molecule has 0 fully saturated rings. The Kier molecular flexibility index (Phi) is 6.68. The van der Waals surface area contributed by atoms with Crippen LogP contribution in [0.1, 0.15) is 25.0 Å². The van der Waals surface area contributed by atoms with Crippen LogP contribution in [0.5, 0.6) is 11.5 Å². The number of benzene rings is 3. The molecule has 0 atom stereocenters. The maximum Gasteiger partial charge on any atom is 0.281 e. The number of carbonyl (C=O) groups excluding carboxylic acids is 1. The minimum atomic E-state index is -0.485. The van der Waals surface area contributed by atoms with Gasteiger partial charge in [0.25, 0.3) is 11.6 Å². The van der Waals surface area contributed by atoms with Crippen molar-refractivity contribution in [3.8, 4) is 11.5 Å². The van der Waals surface area contributed by atoms with E-state index in [1.54, 1.807) is 12.1 Å². The molecule has 4 rings (SSSR count). The monoisotopic (exact) mass is 457 g/mol. The molecule has 0 aliphatic carbocycles. The molecule has 0 unspecified atom stereocenters. The Hall–Kier alpha value is -4.46. The summed E-state index contributed by atoms with van der Waals surface area (Å²) < 4.78 is 11.4. The molecule has 34 heavy (non-hydrogen) atoms. The van der Waals surface area contributed by atoms with Crippen molar-refractivity contribution in [3.05, 3.63) is 99.6 Å². The molecule has 1 aliphatic heterocycles. The Balaban J connectivity index is 1.79. The van der Waals surface area contributed by atoms with Crippen LogP contribution in [0.4, 0.5) is 11.4 Å². The first-order valence-corrected chi connectivity index (χ1v) is 10.9. The molecule has 1 aliphatic rings. The number of non-ortho nitro benzene ring substituents is 1. The highest BCUT2D eigenvalue weighted by atomic mass is 16.6. The van der Waals surface area contributed by atoms with E-state index < -0.39 is 4.92 Å². The van der Waals surface area contributed by atoms with E-state index in [1.807, 2.05) is 56.3 Å². The first-order chi connectivity index (χ1) is 16.5. The van der Waals surface area contributed by atoms with Gasteiger partial charge < -0.3 is 9.47 Å². The number of carbonyl (C=O) groups is 1. The average Bonchev–Trinajstić information content (AvgIpc) is 3.17. The van der Waals surface area contributed by atoms with Gasteiger partial charge >= 0.3 is 0 Å². The van der Waals surface area contributed by atoms with Crippen molar-refractivity contribution in [2.24, 2.45) is 5.10 Å². The van der Waals surface area contributed by atoms with E-state index in [2.05, 4.69) is 5.10 Å². The zero-order chi connectivity index (χ0) is 24.1. The summed E-state index contributed by atoms with van der Waals surface area (Å²) in [7, 11) is 0. The molecule has 0 aromatic heterocycles. The fourth-order valence-electron chi connectivity index (χ4n) is 3.57. The number of hydrogen-bond acceptors (Lipinski definition) is 6. The number of nitro groups is 1. The van der Waals surface area contributed by atoms with Crippen LogP contribution in [0.15, 0.2) is 83.5 Å². The highest BCUT2D eigenvalue weighted by Gasteiger charge is 2.32. The van der Waals surface area contributed by atoms with E-state index in [9.17, 15) is 14.9 Å². The number of anilines is 1. The minimum Gasteiger partial charge on any atom is -0.494 e. The Bertz CT molecular complexity index is 1270. The van der Waals surface area contributed by atoms with Crippen LogP contribution in [0, 0.1) is 10.1 Å². The summed E-state index contributed by atoms with van der Waals surface area (Å²) in [4.78, 5) is 24.0. The van der Waals surface area contributed by atoms with Gasteiger partial charge in [0.15, 0.2) is 0 Å². The molecule has 3 aromatic rings. The lowest BCUT2D eigenvalue weighted by Gasteiger charge is -2.12. The summed E-state index contributed by atoms with van der Waals surface area (Å²) in [5.74, 6) is 0.925. The lowest BCUT2D eigenvalue weighted by Crippen LogP contribution is -2.21. The molecule has 0 bridgehead atoms. The maximum atomic E-state index is 13.5. The minimum absolute atomic E-state index is 0.0610. The van der Waals surface area contributed by atoms with E-state index in [4.69, 9.17) is 9.47 Å². The second-order valence-corrected chi connectivity index (χ2v) is 7.33. The van der Waals surface area contributed by atoms with Gasteiger partial charge in [-0.2, -0.15) is 10.1 Å². The van der Waals surface area contributed by atoms with Gasteiger partial charge in [0, 0.05) is 29.3 Å². The van der Waals surface area contributed by atoms with E-state index in [1.165, 1.54) is 29.3 Å². The van der Waals surface area contributed by atoms with Gasteiger partial charge in [-0.15, -0.1) is 0 Å². The van der Waals surface area contributed by atoms with Crippen LogP contribution in [0.2, 0.25) is 0 Å². The van der Waals surface area contributed by atoms with Crippen molar-refractivity contribution in [2.45, 2.75) is 13.8 Å². The largest absolute Gasteiger partial charge is 0.494 e. The smallest absolute Gasteiger partial charge is 0.281 e. The van der Waals surface area contributed by atoms with Gasteiger partial charge in [-0.1, -0.05) is 30.3 Å². The first-order valence-electron chi connectivity index (χ1n) is 10.9. The lowest BCUT2D eigenvalue weighted by atomic mass is 10.00. The molecular weight excluding hydrogens is 434 g/mol. The number of hydrogen-bond donors (Lipinski definition) is 0. The summed E-state index contributed by atoms with van der Waals surface area (Å²) in [6.07, 6.45) is 1.75. The zero-order valence-corrected chi connectivity index (χ0v) is 18.8. The van der Waals surface area contributed by atoms with Crippen LogP contribution in [0.3, 0.4) is 0 Å². The summed E-state index contributed by atoms with van der Waals surface area (Å²) in [6, 6.07) is 20.6. The predicted octanol–water partition coefficient (Wildman–Crippen LogP) is 5.23. The second kappa shape index (κ2) is 9.99. The molecule has 0 spiro atoms. The Morgan fingerprint density at radius 1 is 0.971 bits per heavy atom. The highest BCUT2D eigenvalue weighted by molar-refractivity contribution is 6.37. The van der Waals surface area contributed by atoms with Crippen molar-refractivity contribution in [3.63, 3.8) is 0 Å². The molecule has 1 heterocycles. The Morgan fingerprint density at radius 3 is 2.32 bits per heavy atom. The average molecular weight is 457 g/mol. The van der Waals surface area contributed by atoms with E-state index in [-0.39, 0.29) is 11.6 Å². The normalized spacial score (nSPS) is 14.3.